The molecule has 1 aromatic carbocycles. The molecule has 0 unspecified atom stereocenters. The standard InChI is InChI=1S/C14H17NO2S/c1-18-11-5-9-15-14(17)13-8-3-2-6-12(13)7-4-10-16/h2-3,6,8,16H,5,9-11H2,1H3,(H,15,17). The maximum absolute atomic E-state index is 11.9. The van der Waals surface area contributed by atoms with Gasteiger partial charge < -0.3 is 10.4 Å². The number of amides is 1. The summed E-state index contributed by atoms with van der Waals surface area (Å²) < 4.78 is 0. The summed E-state index contributed by atoms with van der Waals surface area (Å²) >= 11 is 1.76. The lowest BCUT2D eigenvalue weighted by atomic mass is 10.1. The molecule has 0 spiro atoms. The summed E-state index contributed by atoms with van der Waals surface area (Å²) in [4.78, 5) is 11.9. The van der Waals surface area contributed by atoms with Crippen LogP contribution in [0.4, 0.5) is 0 Å². The molecular formula is C14H17NO2S. The van der Waals surface area contributed by atoms with E-state index in [1.807, 2.05) is 12.3 Å². The first kappa shape index (κ1) is 14.6. The van der Waals surface area contributed by atoms with E-state index >= 15 is 0 Å². The summed E-state index contributed by atoms with van der Waals surface area (Å²) in [6, 6.07) is 7.15. The van der Waals surface area contributed by atoms with E-state index in [1.165, 1.54) is 0 Å². The Bertz CT molecular complexity index is 449. The van der Waals surface area contributed by atoms with Crippen molar-refractivity contribution >= 4 is 17.7 Å². The zero-order valence-electron chi connectivity index (χ0n) is 10.4. The molecule has 0 saturated heterocycles. The van der Waals surface area contributed by atoms with Crippen LogP contribution in [0.5, 0.6) is 0 Å². The summed E-state index contributed by atoms with van der Waals surface area (Å²) in [7, 11) is 0. The third-order valence-corrected chi connectivity index (χ3v) is 2.98. The van der Waals surface area contributed by atoms with Crippen molar-refractivity contribution in [3.63, 3.8) is 0 Å². The molecule has 1 aromatic rings. The number of aliphatic hydroxyl groups is 1. The molecule has 0 radical (unpaired) electrons. The second-order valence-electron chi connectivity index (χ2n) is 3.61. The van der Waals surface area contributed by atoms with E-state index in [1.54, 1.807) is 30.0 Å². The van der Waals surface area contributed by atoms with Crippen molar-refractivity contribution < 1.29 is 9.90 Å². The van der Waals surface area contributed by atoms with Crippen molar-refractivity contribution in [3.8, 4) is 11.8 Å². The summed E-state index contributed by atoms with van der Waals surface area (Å²) in [5.74, 6) is 6.26. The molecular weight excluding hydrogens is 246 g/mol. The molecule has 18 heavy (non-hydrogen) atoms. The van der Waals surface area contributed by atoms with Gasteiger partial charge >= 0.3 is 0 Å². The fourth-order valence-corrected chi connectivity index (χ4v) is 1.87. The number of carbonyl (C=O) groups is 1. The van der Waals surface area contributed by atoms with Crippen LogP contribution in [-0.4, -0.2) is 36.2 Å². The van der Waals surface area contributed by atoms with Crippen LogP contribution in [-0.2, 0) is 0 Å². The molecule has 0 bridgehead atoms. The van der Waals surface area contributed by atoms with Crippen LogP contribution in [0.15, 0.2) is 24.3 Å². The fourth-order valence-electron chi connectivity index (χ4n) is 1.44. The number of hydrogen-bond donors (Lipinski definition) is 2. The van der Waals surface area contributed by atoms with Gasteiger partial charge in [-0.3, -0.25) is 4.79 Å². The summed E-state index contributed by atoms with van der Waals surface area (Å²) in [5.41, 5.74) is 1.21. The summed E-state index contributed by atoms with van der Waals surface area (Å²) in [6.45, 7) is 0.463. The van der Waals surface area contributed by atoms with E-state index in [0.717, 1.165) is 12.2 Å². The van der Waals surface area contributed by atoms with Crippen LogP contribution < -0.4 is 5.32 Å². The highest BCUT2D eigenvalue weighted by atomic mass is 32.2. The molecule has 0 saturated carbocycles. The largest absolute Gasteiger partial charge is 0.384 e. The van der Waals surface area contributed by atoms with Gasteiger partial charge in [-0.15, -0.1) is 0 Å². The minimum absolute atomic E-state index is 0.112. The molecule has 1 amide bonds. The van der Waals surface area contributed by atoms with E-state index < -0.39 is 0 Å². The Labute approximate surface area is 112 Å². The van der Waals surface area contributed by atoms with Crippen molar-refractivity contribution in [2.24, 2.45) is 0 Å². The van der Waals surface area contributed by atoms with E-state index in [4.69, 9.17) is 5.11 Å². The number of carbonyl (C=O) groups excluding carboxylic acids is 1. The maximum atomic E-state index is 11.9. The highest BCUT2D eigenvalue weighted by Gasteiger charge is 2.08. The molecule has 4 heteroatoms. The third kappa shape index (κ3) is 4.82. The van der Waals surface area contributed by atoms with Gasteiger partial charge in [0.15, 0.2) is 0 Å². The predicted octanol–water partition coefficient (Wildman–Crippen LogP) is 1.51. The van der Waals surface area contributed by atoms with Crippen molar-refractivity contribution in [1.29, 1.82) is 0 Å². The van der Waals surface area contributed by atoms with Gasteiger partial charge in [-0.05, 0) is 30.6 Å². The molecule has 0 aliphatic carbocycles. The van der Waals surface area contributed by atoms with Crippen LogP contribution >= 0.6 is 11.8 Å². The Morgan fingerprint density at radius 1 is 1.44 bits per heavy atom. The second kappa shape index (κ2) is 8.62. The Hall–Kier alpha value is -1.44. The number of nitrogens with one attached hydrogen (secondary N) is 1. The minimum atomic E-state index is -0.205. The van der Waals surface area contributed by atoms with Gasteiger partial charge in [0.1, 0.15) is 6.61 Å². The van der Waals surface area contributed by atoms with Gasteiger partial charge in [0.2, 0.25) is 0 Å². The monoisotopic (exact) mass is 263 g/mol. The number of hydrogen-bond acceptors (Lipinski definition) is 3. The van der Waals surface area contributed by atoms with E-state index in [9.17, 15) is 4.79 Å². The summed E-state index contributed by atoms with van der Waals surface area (Å²) in [5, 5.41) is 11.5. The Morgan fingerprint density at radius 3 is 2.94 bits per heavy atom. The molecule has 0 aliphatic rings. The highest BCUT2D eigenvalue weighted by Crippen LogP contribution is 2.07. The second-order valence-corrected chi connectivity index (χ2v) is 4.59. The first-order valence-electron chi connectivity index (χ1n) is 5.75. The SMILES string of the molecule is CSCCCNC(=O)c1ccccc1C#CCO. The Kier molecular flexibility index (Phi) is 7.00. The quantitative estimate of drug-likeness (QED) is 0.625. The average Bonchev–Trinajstić information content (AvgIpc) is 2.41. The van der Waals surface area contributed by atoms with Crippen LogP contribution in [0.3, 0.4) is 0 Å². The van der Waals surface area contributed by atoms with Crippen LogP contribution in [0.25, 0.3) is 0 Å². The number of aliphatic hydroxyl groups excluding tert-OH is 1. The predicted molar refractivity (Wildman–Crippen MR) is 75.7 cm³/mol. The minimum Gasteiger partial charge on any atom is -0.384 e. The molecule has 0 atom stereocenters. The van der Waals surface area contributed by atoms with Crippen molar-refractivity contribution in [2.75, 3.05) is 25.2 Å². The number of benzene rings is 1. The molecule has 0 aromatic heterocycles. The number of rotatable bonds is 5. The molecule has 2 N–H and O–H groups in total. The lowest BCUT2D eigenvalue weighted by Gasteiger charge is -2.06. The van der Waals surface area contributed by atoms with E-state index in [0.29, 0.717) is 17.7 Å². The lowest BCUT2D eigenvalue weighted by Crippen LogP contribution is -2.25. The zero-order valence-corrected chi connectivity index (χ0v) is 11.2. The van der Waals surface area contributed by atoms with Gasteiger partial charge in [0.05, 0.1) is 5.56 Å². The Balaban J connectivity index is 2.67. The molecule has 0 heterocycles. The van der Waals surface area contributed by atoms with Crippen molar-refractivity contribution in [3.05, 3.63) is 35.4 Å². The van der Waals surface area contributed by atoms with Crippen LogP contribution in [0, 0.1) is 11.8 Å². The lowest BCUT2D eigenvalue weighted by molar-refractivity contribution is 0.0953. The molecule has 1 rings (SSSR count). The van der Waals surface area contributed by atoms with Gasteiger partial charge in [0.25, 0.3) is 5.91 Å². The van der Waals surface area contributed by atoms with Gasteiger partial charge in [-0.1, -0.05) is 24.0 Å². The van der Waals surface area contributed by atoms with Gasteiger partial charge in [-0.25, -0.2) is 0 Å². The first-order chi connectivity index (χ1) is 8.79. The smallest absolute Gasteiger partial charge is 0.252 e. The van der Waals surface area contributed by atoms with Gasteiger partial charge in [0, 0.05) is 12.1 Å². The maximum Gasteiger partial charge on any atom is 0.252 e. The van der Waals surface area contributed by atoms with Crippen LogP contribution in [0.2, 0.25) is 0 Å². The van der Waals surface area contributed by atoms with E-state index in [-0.39, 0.29) is 12.5 Å². The zero-order chi connectivity index (χ0) is 13.2. The molecule has 0 aliphatic heterocycles. The van der Waals surface area contributed by atoms with Crippen molar-refractivity contribution in [1.82, 2.24) is 5.32 Å². The third-order valence-electron chi connectivity index (χ3n) is 2.28. The van der Waals surface area contributed by atoms with Crippen molar-refractivity contribution in [2.45, 2.75) is 6.42 Å². The Morgan fingerprint density at radius 2 is 2.22 bits per heavy atom. The van der Waals surface area contributed by atoms with E-state index in [2.05, 4.69) is 17.2 Å². The molecule has 0 fully saturated rings. The molecule has 96 valence electrons. The normalized spacial score (nSPS) is 9.44. The van der Waals surface area contributed by atoms with Crippen LogP contribution in [0.1, 0.15) is 22.3 Å². The number of thioether (sulfide) groups is 1. The van der Waals surface area contributed by atoms with Gasteiger partial charge in [-0.2, -0.15) is 11.8 Å². The highest BCUT2D eigenvalue weighted by molar-refractivity contribution is 7.98. The summed E-state index contributed by atoms with van der Waals surface area (Å²) in [6.07, 6.45) is 3.00. The topological polar surface area (TPSA) is 49.3 Å². The average molecular weight is 263 g/mol. The fraction of sp³-hybridized carbons (Fsp3) is 0.357. The first-order valence-corrected chi connectivity index (χ1v) is 7.15. The molecule has 3 nitrogen and oxygen atoms in total.